The maximum Gasteiger partial charge on any atom is 0.350 e. The Labute approximate surface area is 243 Å². The van der Waals surface area contributed by atoms with E-state index < -0.39 is 22.7 Å². The van der Waals surface area contributed by atoms with Crippen LogP contribution < -0.4 is 4.74 Å². The zero-order valence-corrected chi connectivity index (χ0v) is 24.8. The van der Waals surface area contributed by atoms with Crippen molar-refractivity contribution in [3.8, 4) is 16.9 Å². The number of amidine groups is 1. The molecule has 6 heteroatoms. The molecule has 0 radical (unpaired) electrons. The van der Waals surface area contributed by atoms with Crippen LogP contribution in [0.4, 0.5) is 0 Å². The Morgan fingerprint density at radius 2 is 1.54 bits per heavy atom. The van der Waals surface area contributed by atoms with Crippen molar-refractivity contribution in [3.05, 3.63) is 90.0 Å². The maximum atomic E-state index is 13.7. The summed E-state index contributed by atoms with van der Waals surface area (Å²) in [5.74, 6) is 1.19. The van der Waals surface area contributed by atoms with Gasteiger partial charge in [-0.2, -0.15) is 0 Å². The SMILES string of the molecule is CC(C)(C)OC(=O)C(C)(C)Oc1cccc(-c2ccc(CN3C(=O)C4(CCCC4)N=C3Cc3ccccc3)cc2)c1. The minimum Gasteiger partial charge on any atom is -0.476 e. The summed E-state index contributed by atoms with van der Waals surface area (Å²) >= 11 is 0. The molecule has 2 aliphatic rings. The quantitative estimate of drug-likeness (QED) is 0.278. The molecule has 5 rings (SSSR count). The Morgan fingerprint density at radius 1 is 0.854 bits per heavy atom. The molecular weight excluding hydrogens is 512 g/mol. The van der Waals surface area contributed by atoms with Gasteiger partial charge in [0.1, 0.15) is 22.7 Å². The molecular formula is C35H40N2O4. The van der Waals surface area contributed by atoms with Crippen LogP contribution in [0, 0.1) is 0 Å². The van der Waals surface area contributed by atoms with Gasteiger partial charge in [-0.05, 0) is 81.8 Å². The van der Waals surface area contributed by atoms with Crippen LogP contribution in [0.2, 0.25) is 0 Å². The molecule has 0 N–H and O–H groups in total. The molecule has 0 saturated heterocycles. The number of carbonyl (C=O) groups is 2. The van der Waals surface area contributed by atoms with Crippen molar-refractivity contribution < 1.29 is 19.1 Å². The van der Waals surface area contributed by atoms with Gasteiger partial charge >= 0.3 is 5.97 Å². The fraction of sp³-hybridized carbons (Fsp3) is 0.400. The standard InChI is InChI=1S/C35H40N2O4/c1-33(2,3)41-32(39)34(4,5)40-29-15-11-14-28(23-29)27-18-16-26(17-19-27)24-37-30(22-25-12-7-6-8-13-25)36-35(31(37)38)20-9-10-21-35/h6-8,11-19,23H,9-10,20-22,24H2,1-5H3. The first-order valence-electron chi connectivity index (χ1n) is 14.5. The van der Waals surface area contributed by atoms with Gasteiger partial charge in [0.25, 0.3) is 5.91 Å². The normalized spacial score (nSPS) is 16.7. The molecule has 1 aliphatic carbocycles. The van der Waals surface area contributed by atoms with Gasteiger partial charge < -0.3 is 9.47 Å². The van der Waals surface area contributed by atoms with Crippen molar-refractivity contribution >= 4 is 17.7 Å². The zero-order chi connectivity index (χ0) is 29.3. The van der Waals surface area contributed by atoms with Crippen molar-refractivity contribution in [2.45, 2.75) is 90.0 Å². The third-order valence-corrected chi connectivity index (χ3v) is 7.66. The van der Waals surface area contributed by atoms with Crippen LogP contribution in [0.5, 0.6) is 5.75 Å². The lowest BCUT2D eigenvalue weighted by Crippen LogP contribution is -2.43. The predicted octanol–water partition coefficient (Wildman–Crippen LogP) is 7.15. The smallest absolute Gasteiger partial charge is 0.350 e. The van der Waals surface area contributed by atoms with E-state index in [2.05, 4.69) is 36.4 Å². The van der Waals surface area contributed by atoms with Crippen LogP contribution in [-0.4, -0.2) is 39.4 Å². The topological polar surface area (TPSA) is 68.2 Å². The number of nitrogens with zero attached hydrogens (tertiary/aromatic N) is 2. The fourth-order valence-electron chi connectivity index (χ4n) is 5.55. The summed E-state index contributed by atoms with van der Waals surface area (Å²) in [4.78, 5) is 33.3. The highest BCUT2D eigenvalue weighted by molar-refractivity contribution is 6.09. The monoisotopic (exact) mass is 552 g/mol. The molecule has 1 fully saturated rings. The lowest BCUT2D eigenvalue weighted by atomic mass is 9.98. The van der Waals surface area contributed by atoms with Crippen LogP contribution >= 0.6 is 0 Å². The first-order chi connectivity index (χ1) is 19.4. The Bertz CT molecular complexity index is 1430. The number of carbonyl (C=O) groups excluding carboxylic acids is 2. The van der Waals surface area contributed by atoms with E-state index in [0.29, 0.717) is 18.7 Å². The molecule has 1 amide bonds. The van der Waals surface area contributed by atoms with Gasteiger partial charge in [-0.3, -0.25) is 14.7 Å². The minimum absolute atomic E-state index is 0.141. The van der Waals surface area contributed by atoms with E-state index in [1.54, 1.807) is 13.8 Å². The van der Waals surface area contributed by atoms with Crippen LogP contribution in [0.25, 0.3) is 11.1 Å². The maximum absolute atomic E-state index is 13.7. The number of benzene rings is 3. The zero-order valence-electron chi connectivity index (χ0n) is 24.8. The Balaban J connectivity index is 1.31. The first-order valence-corrected chi connectivity index (χ1v) is 14.5. The molecule has 1 aliphatic heterocycles. The van der Waals surface area contributed by atoms with Gasteiger partial charge in [0.2, 0.25) is 0 Å². The van der Waals surface area contributed by atoms with Crippen LogP contribution in [-0.2, 0) is 27.3 Å². The number of ether oxygens (including phenoxy) is 2. The highest BCUT2D eigenvalue weighted by Gasteiger charge is 2.49. The highest BCUT2D eigenvalue weighted by Crippen LogP contribution is 2.40. The van der Waals surface area contributed by atoms with Crippen LogP contribution in [0.15, 0.2) is 83.9 Å². The largest absolute Gasteiger partial charge is 0.476 e. The first kappa shape index (κ1) is 28.6. The van der Waals surface area contributed by atoms with Gasteiger partial charge in [0.05, 0.1) is 6.54 Å². The average molecular weight is 553 g/mol. The summed E-state index contributed by atoms with van der Waals surface area (Å²) < 4.78 is 11.6. The van der Waals surface area contributed by atoms with Gasteiger partial charge in [0, 0.05) is 6.42 Å². The second-order valence-electron chi connectivity index (χ2n) is 12.7. The van der Waals surface area contributed by atoms with E-state index >= 15 is 0 Å². The van der Waals surface area contributed by atoms with Crippen molar-refractivity contribution in [1.29, 1.82) is 0 Å². The van der Waals surface area contributed by atoms with Crippen molar-refractivity contribution in [3.63, 3.8) is 0 Å². The summed E-state index contributed by atoms with van der Waals surface area (Å²) in [6.45, 7) is 9.46. The lowest BCUT2D eigenvalue weighted by molar-refractivity contribution is -0.170. The average Bonchev–Trinajstić information content (AvgIpc) is 3.49. The Hall–Kier alpha value is -3.93. The van der Waals surface area contributed by atoms with E-state index in [9.17, 15) is 9.59 Å². The molecule has 214 valence electrons. The molecule has 0 atom stereocenters. The van der Waals surface area contributed by atoms with Crippen molar-refractivity contribution in [2.24, 2.45) is 4.99 Å². The minimum atomic E-state index is -1.13. The molecule has 0 aromatic heterocycles. The fourth-order valence-corrected chi connectivity index (χ4v) is 5.55. The number of hydrogen-bond acceptors (Lipinski definition) is 5. The lowest BCUT2D eigenvalue weighted by Gasteiger charge is -2.29. The molecule has 1 saturated carbocycles. The molecule has 3 aromatic rings. The highest BCUT2D eigenvalue weighted by atomic mass is 16.6. The summed E-state index contributed by atoms with van der Waals surface area (Å²) in [5.41, 5.74) is 1.91. The van der Waals surface area contributed by atoms with Gasteiger partial charge in [0.15, 0.2) is 5.60 Å². The molecule has 0 bridgehead atoms. The molecule has 1 spiro atoms. The number of aliphatic imine (C=N–C) groups is 1. The molecule has 6 nitrogen and oxygen atoms in total. The molecule has 0 unspecified atom stereocenters. The Morgan fingerprint density at radius 3 is 2.20 bits per heavy atom. The second kappa shape index (κ2) is 11.2. The van der Waals surface area contributed by atoms with Crippen molar-refractivity contribution in [1.82, 2.24) is 4.90 Å². The van der Waals surface area contributed by atoms with E-state index in [-0.39, 0.29) is 5.91 Å². The van der Waals surface area contributed by atoms with Gasteiger partial charge in [-0.25, -0.2) is 4.79 Å². The van der Waals surface area contributed by atoms with Crippen molar-refractivity contribution in [2.75, 3.05) is 0 Å². The van der Waals surface area contributed by atoms with Crippen LogP contribution in [0.1, 0.15) is 71.4 Å². The van der Waals surface area contributed by atoms with Crippen LogP contribution in [0.3, 0.4) is 0 Å². The third-order valence-electron chi connectivity index (χ3n) is 7.66. The molecule has 41 heavy (non-hydrogen) atoms. The number of rotatable bonds is 8. The number of esters is 1. The van der Waals surface area contributed by atoms with E-state index in [1.165, 1.54) is 0 Å². The molecule has 3 aromatic carbocycles. The van der Waals surface area contributed by atoms with Gasteiger partial charge in [-0.1, -0.05) is 79.6 Å². The van der Waals surface area contributed by atoms with E-state index in [0.717, 1.165) is 53.8 Å². The summed E-state index contributed by atoms with van der Waals surface area (Å²) in [7, 11) is 0. The molecule has 1 heterocycles. The van der Waals surface area contributed by atoms with Gasteiger partial charge in [-0.15, -0.1) is 0 Å². The third kappa shape index (κ3) is 6.53. The van der Waals surface area contributed by atoms with E-state index in [1.807, 2.05) is 68.1 Å². The van der Waals surface area contributed by atoms with E-state index in [4.69, 9.17) is 14.5 Å². The summed E-state index contributed by atoms with van der Waals surface area (Å²) in [5, 5.41) is 0. The predicted molar refractivity (Wildman–Crippen MR) is 162 cm³/mol. The number of amides is 1. The summed E-state index contributed by atoms with van der Waals surface area (Å²) in [6, 6.07) is 26.2. The summed E-state index contributed by atoms with van der Waals surface area (Å²) in [6.07, 6.45) is 4.42. The second-order valence-corrected chi connectivity index (χ2v) is 12.7. The number of hydrogen-bond donors (Lipinski definition) is 0. The Kier molecular flexibility index (Phi) is 7.78.